The molecule has 1 aromatic rings. The number of amides is 1. The molecule has 0 aliphatic heterocycles. The first-order valence-electron chi connectivity index (χ1n) is 7.41. The van der Waals surface area contributed by atoms with E-state index in [1.54, 1.807) is 11.3 Å². The van der Waals surface area contributed by atoms with E-state index in [2.05, 4.69) is 24.1 Å². The first-order chi connectivity index (χ1) is 9.19. The molecule has 1 N–H and O–H groups in total. The Morgan fingerprint density at radius 1 is 1.42 bits per heavy atom. The molecule has 2 rings (SSSR count). The number of rotatable bonds is 6. The molecule has 106 valence electrons. The zero-order valence-corrected chi connectivity index (χ0v) is 12.8. The summed E-state index contributed by atoms with van der Waals surface area (Å²) in [5, 5.41) is 4.18. The first kappa shape index (κ1) is 14.5. The molecule has 1 aliphatic carbocycles. The van der Waals surface area contributed by atoms with Crippen molar-refractivity contribution in [1.82, 2.24) is 10.3 Å². The van der Waals surface area contributed by atoms with Crippen molar-refractivity contribution < 1.29 is 4.79 Å². The smallest absolute Gasteiger partial charge is 0.220 e. The SMILES string of the molecule is CCc1nc(CCNC(=O)CC2CCCC2)sc1C. The second-order valence-electron chi connectivity index (χ2n) is 5.42. The molecule has 0 bridgehead atoms. The highest BCUT2D eigenvalue weighted by Crippen LogP contribution is 2.27. The van der Waals surface area contributed by atoms with E-state index in [0.717, 1.165) is 30.8 Å². The van der Waals surface area contributed by atoms with Crippen LogP contribution in [-0.4, -0.2) is 17.4 Å². The number of aryl methyl sites for hydroxylation is 2. The van der Waals surface area contributed by atoms with E-state index in [9.17, 15) is 4.79 Å². The van der Waals surface area contributed by atoms with Crippen molar-refractivity contribution in [3.8, 4) is 0 Å². The molecule has 0 atom stereocenters. The third-order valence-corrected chi connectivity index (χ3v) is 4.95. The predicted octanol–water partition coefficient (Wildman–Crippen LogP) is 3.25. The van der Waals surface area contributed by atoms with Gasteiger partial charge in [0.1, 0.15) is 0 Å². The maximum Gasteiger partial charge on any atom is 0.220 e. The van der Waals surface area contributed by atoms with Gasteiger partial charge in [-0.05, 0) is 32.1 Å². The number of hydrogen-bond donors (Lipinski definition) is 1. The summed E-state index contributed by atoms with van der Waals surface area (Å²) < 4.78 is 0. The molecular weight excluding hydrogens is 256 g/mol. The van der Waals surface area contributed by atoms with E-state index in [4.69, 9.17) is 0 Å². The Bertz CT molecular complexity index is 422. The summed E-state index contributed by atoms with van der Waals surface area (Å²) in [5.41, 5.74) is 1.21. The van der Waals surface area contributed by atoms with Crippen LogP contribution in [0, 0.1) is 12.8 Å². The lowest BCUT2D eigenvalue weighted by Gasteiger charge is -2.08. The lowest BCUT2D eigenvalue weighted by Crippen LogP contribution is -2.27. The monoisotopic (exact) mass is 280 g/mol. The van der Waals surface area contributed by atoms with Crippen LogP contribution >= 0.6 is 11.3 Å². The van der Waals surface area contributed by atoms with Crippen LogP contribution in [0.25, 0.3) is 0 Å². The Kier molecular flexibility index (Phi) is 5.37. The van der Waals surface area contributed by atoms with Crippen LogP contribution in [0.15, 0.2) is 0 Å². The lowest BCUT2D eigenvalue weighted by molar-refractivity contribution is -0.121. The number of carbonyl (C=O) groups is 1. The van der Waals surface area contributed by atoms with Crippen LogP contribution in [0.5, 0.6) is 0 Å². The van der Waals surface area contributed by atoms with Gasteiger partial charge in [-0.1, -0.05) is 19.8 Å². The Morgan fingerprint density at radius 3 is 2.79 bits per heavy atom. The minimum absolute atomic E-state index is 0.218. The van der Waals surface area contributed by atoms with Crippen LogP contribution in [0.3, 0.4) is 0 Å². The van der Waals surface area contributed by atoms with Crippen molar-refractivity contribution in [2.45, 2.75) is 58.8 Å². The third kappa shape index (κ3) is 4.30. The minimum atomic E-state index is 0.218. The Labute approximate surface area is 119 Å². The maximum absolute atomic E-state index is 11.8. The van der Waals surface area contributed by atoms with E-state index in [1.165, 1.54) is 36.3 Å². The van der Waals surface area contributed by atoms with Crippen molar-refractivity contribution in [1.29, 1.82) is 0 Å². The van der Waals surface area contributed by atoms with E-state index in [1.807, 2.05) is 0 Å². The molecule has 0 radical (unpaired) electrons. The van der Waals surface area contributed by atoms with Crippen molar-refractivity contribution >= 4 is 17.2 Å². The van der Waals surface area contributed by atoms with Gasteiger partial charge in [0.2, 0.25) is 5.91 Å². The van der Waals surface area contributed by atoms with Gasteiger partial charge in [0.05, 0.1) is 10.7 Å². The number of nitrogens with one attached hydrogen (secondary N) is 1. The molecule has 0 unspecified atom stereocenters. The average Bonchev–Trinajstić information content (AvgIpc) is 2.99. The Hall–Kier alpha value is -0.900. The van der Waals surface area contributed by atoms with Crippen molar-refractivity contribution in [2.24, 2.45) is 5.92 Å². The van der Waals surface area contributed by atoms with Gasteiger partial charge in [-0.3, -0.25) is 4.79 Å². The maximum atomic E-state index is 11.8. The van der Waals surface area contributed by atoms with Gasteiger partial charge in [-0.25, -0.2) is 4.98 Å². The topological polar surface area (TPSA) is 42.0 Å². The first-order valence-corrected chi connectivity index (χ1v) is 8.22. The van der Waals surface area contributed by atoms with Gasteiger partial charge < -0.3 is 5.32 Å². The van der Waals surface area contributed by atoms with E-state index in [-0.39, 0.29) is 5.91 Å². The molecule has 1 heterocycles. The molecule has 19 heavy (non-hydrogen) atoms. The summed E-state index contributed by atoms with van der Waals surface area (Å²) in [6.45, 7) is 4.98. The summed E-state index contributed by atoms with van der Waals surface area (Å²) in [5.74, 6) is 0.852. The summed E-state index contributed by atoms with van der Waals surface area (Å²) >= 11 is 1.76. The summed E-state index contributed by atoms with van der Waals surface area (Å²) in [7, 11) is 0. The molecule has 1 fully saturated rings. The molecule has 1 aromatic heterocycles. The standard InChI is InChI=1S/C15H24N2OS/c1-3-13-11(2)19-15(17-13)8-9-16-14(18)10-12-6-4-5-7-12/h12H,3-10H2,1-2H3,(H,16,18). The van der Waals surface area contributed by atoms with E-state index >= 15 is 0 Å². The molecule has 1 saturated carbocycles. The molecule has 0 spiro atoms. The molecule has 1 amide bonds. The molecule has 1 aliphatic rings. The van der Waals surface area contributed by atoms with Crippen LogP contribution < -0.4 is 5.32 Å². The van der Waals surface area contributed by atoms with Crippen molar-refractivity contribution in [3.05, 3.63) is 15.6 Å². The predicted molar refractivity (Wildman–Crippen MR) is 79.5 cm³/mol. The zero-order valence-electron chi connectivity index (χ0n) is 12.0. The van der Waals surface area contributed by atoms with Crippen LogP contribution in [0.4, 0.5) is 0 Å². The quantitative estimate of drug-likeness (QED) is 0.869. The van der Waals surface area contributed by atoms with Gasteiger partial charge in [0.15, 0.2) is 0 Å². The molecule has 0 aromatic carbocycles. The van der Waals surface area contributed by atoms with E-state index in [0.29, 0.717) is 5.92 Å². The van der Waals surface area contributed by atoms with Crippen molar-refractivity contribution in [2.75, 3.05) is 6.54 Å². The number of thiazole rings is 1. The summed E-state index contributed by atoms with van der Waals surface area (Å²) in [6, 6.07) is 0. The molecular formula is C15H24N2OS. The normalized spacial score (nSPS) is 15.9. The van der Waals surface area contributed by atoms with Gasteiger partial charge in [0, 0.05) is 24.3 Å². The van der Waals surface area contributed by atoms with Gasteiger partial charge in [0.25, 0.3) is 0 Å². The zero-order chi connectivity index (χ0) is 13.7. The second-order valence-corrected chi connectivity index (χ2v) is 6.71. The van der Waals surface area contributed by atoms with E-state index < -0.39 is 0 Å². The molecule has 4 heteroatoms. The molecule has 3 nitrogen and oxygen atoms in total. The number of carbonyl (C=O) groups excluding carboxylic acids is 1. The number of aromatic nitrogens is 1. The van der Waals surface area contributed by atoms with Crippen LogP contribution in [0.1, 0.15) is 54.6 Å². The number of hydrogen-bond acceptors (Lipinski definition) is 3. The highest BCUT2D eigenvalue weighted by atomic mass is 32.1. The summed E-state index contributed by atoms with van der Waals surface area (Å²) in [4.78, 5) is 17.7. The average molecular weight is 280 g/mol. The second kappa shape index (κ2) is 7.04. The third-order valence-electron chi connectivity index (χ3n) is 3.88. The fourth-order valence-electron chi connectivity index (χ4n) is 2.78. The van der Waals surface area contributed by atoms with Gasteiger partial charge in [-0.15, -0.1) is 11.3 Å². The number of nitrogens with zero attached hydrogens (tertiary/aromatic N) is 1. The Balaban J connectivity index is 1.68. The lowest BCUT2D eigenvalue weighted by atomic mass is 10.0. The van der Waals surface area contributed by atoms with Crippen LogP contribution in [-0.2, 0) is 17.6 Å². The van der Waals surface area contributed by atoms with Crippen molar-refractivity contribution in [3.63, 3.8) is 0 Å². The highest BCUT2D eigenvalue weighted by molar-refractivity contribution is 7.11. The van der Waals surface area contributed by atoms with Gasteiger partial charge in [-0.2, -0.15) is 0 Å². The Morgan fingerprint density at radius 2 is 2.16 bits per heavy atom. The summed E-state index contributed by atoms with van der Waals surface area (Å²) in [6.07, 6.45) is 7.65. The highest BCUT2D eigenvalue weighted by Gasteiger charge is 2.18. The minimum Gasteiger partial charge on any atom is -0.356 e. The largest absolute Gasteiger partial charge is 0.356 e. The fourth-order valence-corrected chi connectivity index (χ4v) is 3.80. The molecule has 0 saturated heterocycles. The fraction of sp³-hybridized carbons (Fsp3) is 0.733. The van der Waals surface area contributed by atoms with Gasteiger partial charge >= 0.3 is 0 Å². The van der Waals surface area contributed by atoms with Crippen LogP contribution in [0.2, 0.25) is 0 Å².